The lowest BCUT2D eigenvalue weighted by atomic mass is 10.2. The number of amides is 3. The number of hydrogen-bond donors (Lipinski definition) is 1. The highest BCUT2D eigenvalue weighted by molar-refractivity contribution is 7.14. The molecule has 0 radical (unpaired) electrons. The van der Waals surface area contributed by atoms with Crippen molar-refractivity contribution in [1.29, 1.82) is 0 Å². The summed E-state index contributed by atoms with van der Waals surface area (Å²) in [5.41, 5.74) is 1.26. The van der Waals surface area contributed by atoms with Gasteiger partial charge < -0.3 is 15.0 Å². The van der Waals surface area contributed by atoms with Crippen LogP contribution in [0.25, 0.3) is 0 Å². The average molecular weight is 402 g/mol. The number of benzene rings is 1. The molecule has 1 N–H and O–H groups in total. The Bertz CT molecular complexity index is 863. The average Bonchev–Trinajstić information content (AvgIpc) is 3.29. The van der Waals surface area contributed by atoms with E-state index in [2.05, 4.69) is 10.3 Å². The van der Waals surface area contributed by atoms with Crippen LogP contribution in [0.3, 0.4) is 0 Å². The third-order valence-electron chi connectivity index (χ3n) is 4.18. The van der Waals surface area contributed by atoms with E-state index in [0.29, 0.717) is 35.2 Å². The number of thiazole rings is 1. The Morgan fingerprint density at radius 2 is 2.04 bits per heavy atom. The van der Waals surface area contributed by atoms with Gasteiger partial charge in [0.1, 0.15) is 5.75 Å². The molecular weight excluding hydrogens is 380 g/mol. The van der Waals surface area contributed by atoms with E-state index in [-0.39, 0.29) is 30.7 Å². The quantitative estimate of drug-likeness (QED) is 0.764. The van der Waals surface area contributed by atoms with Crippen molar-refractivity contribution in [1.82, 2.24) is 9.88 Å². The predicted octanol–water partition coefficient (Wildman–Crippen LogP) is 1.92. The maximum atomic E-state index is 12.2. The number of carbonyl (C=O) groups is 3. The maximum absolute atomic E-state index is 12.2. The van der Waals surface area contributed by atoms with Gasteiger partial charge >= 0.3 is 0 Å². The highest BCUT2D eigenvalue weighted by Gasteiger charge is 2.24. The van der Waals surface area contributed by atoms with Crippen LogP contribution in [-0.2, 0) is 20.8 Å². The number of anilines is 2. The summed E-state index contributed by atoms with van der Waals surface area (Å²) in [4.78, 5) is 43.1. The molecule has 1 saturated heterocycles. The smallest absolute Gasteiger partial charge is 0.259 e. The molecule has 1 aliphatic heterocycles. The number of likely N-dealkylation sites (N-methyl/N-ethyl adjacent to an activating group) is 1. The molecule has 0 atom stereocenters. The van der Waals surface area contributed by atoms with Crippen LogP contribution in [0.15, 0.2) is 29.6 Å². The molecule has 0 spiro atoms. The number of nitrogens with one attached hydrogen (secondary N) is 1. The number of ether oxygens (including phenoxy) is 1. The molecule has 148 valence electrons. The Labute approximate surface area is 167 Å². The Morgan fingerprint density at radius 3 is 2.68 bits per heavy atom. The van der Waals surface area contributed by atoms with Crippen molar-refractivity contribution >= 4 is 39.9 Å². The lowest BCUT2D eigenvalue weighted by molar-refractivity contribution is -0.130. The Balaban J connectivity index is 1.50. The largest absolute Gasteiger partial charge is 0.484 e. The summed E-state index contributed by atoms with van der Waals surface area (Å²) < 4.78 is 5.40. The molecule has 8 nitrogen and oxygen atoms in total. The highest BCUT2D eigenvalue weighted by atomic mass is 32.1. The van der Waals surface area contributed by atoms with E-state index < -0.39 is 0 Å². The fraction of sp³-hybridized carbons (Fsp3) is 0.368. The van der Waals surface area contributed by atoms with Crippen LogP contribution in [-0.4, -0.2) is 54.9 Å². The Hall–Kier alpha value is -2.94. The Kier molecular flexibility index (Phi) is 6.25. The fourth-order valence-electron chi connectivity index (χ4n) is 2.63. The summed E-state index contributed by atoms with van der Waals surface area (Å²) in [6.07, 6.45) is 1.53. The van der Waals surface area contributed by atoms with E-state index in [1.54, 1.807) is 48.6 Å². The molecule has 0 bridgehead atoms. The molecule has 3 amide bonds. The molecule has 0 aliphatic carbocycles. The van der Waals surface area contributed by atoms with Crippen LogP contribution in [0.4, 0.5) is 10.8 Å². The molecule has 1 fully saturated rings. The minimum atomic E-state index is -0.193. The van der Waals surface area contributed by atoms with Gasteiger partial charge in [0, 0.05) is 38.1 Å². The van der Waals surface area contributed by atoms with Gasteiger partial charge in [-0.1, -0.05) is 0 Å². The van der Waals surface area contributed by atoms with Crippen molar-refractivity contribution in [3.05, 3.63) is 35.3 Å². The van der Waals surface area contributed by atoms with Gasteiger partial charge in [-0.25, -0.2) is 4.98 Å². The molecule has 1 aromatic heterocycles. The van der Waals surface area contributed by atoms with Gasteiger partial charge in [0.25, 0.3) is 5.91 Å². The highest BCUT2D eigenvalue weighted by Crippen LogP contribution is 2.25. The molecule has 2 heterocycles. The van der Waals surface area contributed by atoms with Crippen molar-refractivity contribution in [2.45, 2.75) is 19.3 Å². The number of rotatable bonds is 7. The monoisotopic (exact) mass is 402 g/mol. The van der Waals surface area contributed by atoms with Crippen LogP contribution >= 0.6 is 11.3 Å². The van der Waals surface area contributed by atoms with Gasteiger partial charge in [0.15, 0.2) is 11.7 Å². The first kappa shape index (κ1) is 19.8. The number of nitrogens with zero attached hydrogens (tertiary/aromatic N) is 3. The zero-order valence-electron chi connectivity index (χ0n) is 15.8. The van der Waals surface area contributed by atoms with Crippen LogP contribution in [0.5, 0.6) is 5.75 Å². The van der Waals surface area contributed by atoms with Crippen LogP contribution < -0.4 is 15.0 Å². The van der Waals surface area contributed by atoms with E-state index in [0.717, 1.165) is 6.42 Å². The van der Waals surface area contributed by atoms with Crippen LogP contribution in [0, 0.1) is 0 Å². The SMILES string of the molecule is CN(C)C(=O)COc1ccc(NC(=O)Cc2csc(N3CCCC3=O)n2)cc1. The lowest BCUT2D eigenvalue weighted by Gasteiger charge is -2.11. The molecule has 9 heteroatoms. The number of carbonyl (C=O) groups excluding carboxylic acids is 3. The first-order valence-corrected chi connectivity index (χ1v) is 9.78. The topological polar surface area (TPSA) is 91.8 Å². The maximum Gasteiger partial charge on any atom is 0.259 e. The van der Waals surface area contributed by atoms with Gasteiger partial charge in [-0.15, -0.1) is 11.3 Å². The third-order valence-corrected chi connectivity index (χ3v) is 5.10. The second kappa shape index (κ2) is 8.83. The summed E-state index contributed by atoms with van der Waals surface area (Å²) in [7, 11) is 3.33. The van der Waals surface area contributed by atoms with Gasteiger partial charge in [-0.05, 0) is 30.7 Å². The molecule has 3 rings (SSSR count). The van der Waals surface area contributed by atoms with Crippen molar-refractivity contribution in [2.24, 2.45) is 0 Å². The van der Waals surface area contributed by atoms with Crippen molar-refractivity contribution in [3.8, 4) is 5.75 Å². The van der Waals surface area contributed by atoms with Gasteiger partial charge in [-0.3, -0.25) is 19.3 Å². The normalized spacial score (nSPS) is 13.5. The van der Waals surface area contributed by atoms with Gasteiger partial charge in [0.2, 0.25) is 11.8 Å². The van der Waals surface area contributed by atoms with Gasteiger partial charge in [0.05, 0.1) is 12.1 Å². The number of hydrogen-bond acceptors (Lipinski definition) is 6. The fourth-order valence-corrected chi connectivity index (χ4v) is 3.50. The summed E-state index contributed by atoms with van der Waals surface area (Å²) in [6.45, 7) is 0.650. The standard InChI is InChI=1S/C19H22N4O4S/c1-22(2)18(26)11-27-15-7-5-13(6-8-15)20-16(24)10-14-12-28-19(21-14)23-9-3-4-17(23)25/h5-8,12H,3-4,9-11H2,1-2H3,(H,20,24). The summed E-state index contributed by atoms with van der Waals surface area (Å²) in [6, 6.07) is 6.81. The first-order chi connectivity index (χ1) is 13.4. The summed E-state index contributed by atoms with van der Waals surface area (Å²) in [5.74, 6) is 0.309. The molecule has 28 heavy (non-hydrogen) atoms. The third kappa shape index (κ3) is 5.07. The molecule has 1 aliphatic rings. The van der Waals surface area contributed by atoms with E-state index in [4.69, 9.17) is 4.74 Å². The van der Waals surface area contributed by atoms with Crippen LogP contribution in [0.1, 0.15) is 18.5 Å². The van der Waals surface area contributed by atoms with E-state index in [1.165, 1.54) is 16.2 Å². The summed E-state index contributed by atoms with van der Waals surface area (Å²) >= 11 is 1.38. The van der Waals surface area contributed by atoms with Crippen molar-refractivity contribution < 1.29 is 19.1 Å². The molecule has 0 unspecified atom stereocenters. The second-order valence-corrected chi connectivity index (χ2v) is 7.43. The lowest BCUT2D eigenvalue weighted by Crippen LogP contribution is -2.27. The van der Waals surface area contributed by atoms with Crippen molar-refractivity contribution in [3.63, 3.8) is 0 Å². The Morgan fingerprint density at radius 1 is 1.29 bits per heavy atom. The minimum Gasteiger partial charge on any atom is -0.484 e. The predicted molar refractivity (Wildman–Crippen MR) is 107 cm³/mol. The molecule has 2 aromatic rings. The van der Waals surface area contributed by atoms with Gasteiger partial charge in [-0.2, -0.15) is 0 Å². The zero-order chi connectivity index (χ0) is 20.1. The zero-order valence-corrected chi connectivity index (χ0v) is 16.6. The van der Waals surface area contributed by atoms with E-state index in [1.807, 2.05) is 0 Å². The molecular formula is C19H22N4O4S. The first-order valence-electron chi connectivity index (χ1n) is 8.90. The van der Waals surface area contributed by atoms with E-state index in [9.17, 15) is 14.4 Å². The minimum absolute atomic E-state index is 0.0373. The number of aromatic nitrogens is 1. The molecule has 1 aromatic carbocycles. The second-order valence-electron chi connectivity index (χ2n) is 6.60. The summed E-state index contributed by atoms with van der Waals surface area (Å²) in [5, 5.41) is 5.26. The van der Waals surface area contributed by atoms with E-state index >= 15 is 0 Å². The molecule has 0 saturated carbocycles. The van der Waals surface area contributed by atoms with Crippen molar-refractivity contribution in [2.75, 3.05) is 37.5 Å². The van der Waals surface area contributed by atoms with Crippen LogP contribution in [0.2, 0.25) is 0 Å².